The maximum absolute atomic E-state index is 12.8. The summed E-state index contributed by atoms with van der Waals surface area (Å²) < 4.78 is 61.3. The molecular weight excluding hydrogens is 624 g/mol. The molecule has 0 aromatic carbocycles. The van der Waals surface area contributed by atoms with E-state index in [0.29, 0.717) is 48.8 Å². The van der Waals surface area contributed by atoms with E-state index in [1.165, 1.54) is 23.5 Å². The summed E-state index contributed by atoms with van der Waals surface area (Å²) in [5, 5.41) is 19.6. The van der Waals surface area contributed by atoms with E-state index in [9.17, 15) is 21.6 Å². The van der Waals surface area contributed by atoms with Gasteiger partial charge in [0.2, 0.25) is 0 Å². The molecule has 0 unspecified atom stereocenters. The molecule has 45 heavy (non-hydrogen) atoms. The summed E-state index contributed by atoms with van der Waals surface area (Å²) in [4.78, 5) is 14.0. The molecule has 0 saturated carbocycles. The van der Waals surface area contributed by atoms with Gasteiger partial charge in [0.25, 0.3) is 20.0 Å². The van der Waals surface area contributed by atoms with Crippen LogP contribution in [-0.4, -0.2) is 71.4 Å². The summed E-state index contributed by atoms with van der Waals surface area (Å²) in [6.07, 6.45) is 5.32. The van der Waals surface area contributed by atoms with Gasteiger partial charge in [0.05, 0.1) is 48.3 Å². The van der Waals surface area contributed by atoms with Crippen LogP contribution in [0.15, 0.2) is 34.6 Å². The number of rotatable bonds is 6. The molecule has 1 N–H and O–H groups in total. The number of ether oxygens (including phenoxy) is 1. The summed E-state index contributed by atoms with van der Waals surface area (Å²) in [6.45, 7) is 15.7. The average Bonchev–Trinajstić information content (AvgIpc) is 3.77. The molecule has 0 spiro atoms. The van der Waals surface area contributed by atoms with Crippen molar-refractivity contribution in [2.45, 2.75) is 103 Å². The zero-order valence-corrected chi connectivity index (χ0v) is 28.0. The van der Waals surface area contributed by atoms with Gasteiger partial charge in [0, 0.05) is 49.7 Å². The Morgan fingerprint density at radius 3 is 1.78 bits per heavy atom. The van der Waals surface area contributed by atoms with Gasteiger partial charge in [-0.25, -0.2) is 4.79 Å². The van der Waals surface area contributed by atoms with Gasteiger partial charge in [-0.2, -0.15) is 45.4 Å². The summed E-state index contributed by atoms with van der Waals surface area (Å²) in [6, 6.07) is 0. The van der Waals surface area contributed by atoms with Crippen molar-refractivity contribution >= 4 is 26.1 Å². The zero-order valence-electron chi connectivity index (χ0n) is 26.3. The minimum Gasteiger partial charge on any atom is -0.444 e. The van der Waals surface area contributed by atoms with Crippen LogP contribution in [0.2, 0.25) is 0 Å². The van der Waals surface area contributed by atoms with Crippen molar-refractivity contribution in [3.05, 3.63) is 58.7 Å². The quantitative estimate of drug-likeness (QED) is 0.319. The molecule has 0 aliphatic carbocycles. The summed E-state index contributed by atoms with van der Waals surface area (Å²) in [5.41, 5.74) is 3.60. The highest BCUT2D eigenvalue weighted by Gasteiger charge is 2.33. The lowest BCUT2D eigenvalue weighted by atomic mass is 10.2. The summed E-state index contributed by atoms with van der Waals surface area (Å²) >= 11 is 0. The van der Waals surface area contributed by atoms with Crippen molar-refractivity contribution in [3.8, 4) is 0 Å². The largest absolute Gasteiger partial charge is 0.444 e. The molecule has 2 aliphatic heterocycles. The van der Waals surface area contributed by atoms with Gasteiger partial charge in [0.1, 0.15) is 15.4 Å². The van der Waals surface area contributed by atoms with E-state index in [2.05, 4.69) is 25.7 Å². The minimum atomic E-state index is -3.82. The van der Waals surface area contributed by atoms with Gasteiger partial charge in [-0.05, 0) is 48.5 Å². The lowest BCUT2D eigenvalue weighted by Crippen LogP contribution is -2.33. The topological polar surface area (TPSA) is 181 Å². The highest BCUT2D eigenvalue weighted by Crippen LogP contribution is 2.26. The maximum Gasteiger partial charge on any atom is 0.410 e. The fourth-order valence-corrected chi connectivity index (χ4v) is 7.73. The predicted octanol–water partition coefficient (Wildman–Crippen LogP) is 2.14. The number of amides is 1. The molecule has 0 fully saturated rings. The molecule has 0 saturated heterocycles. The highest BCUT2D eigenvalue weighted by atomic mass is 32.2. The second-order valence-corrected chi connectivity index (χ2v) is 15.2. The van der Waals surface area contributed by atoms with Crippen molar-refractivity contribution in [1.29, 1.82) is 0 Å². The van der Waals surface area contributed by atoms with Crippen LogP contribution in [0, 0.1) is 13.8 Å². The van der Waals surface area contributed by atoms with Crippen LogP contribution in [0.4, 0.5) is 4.79 Å². The average molecular weight is 663 g/mol. The molecular formula is C27H38N10O6S2. The number of aryl methyl sites for hydroxylation is 2. The first-order valence-electron chi connectivity index (χ1n) is 14.5. The summed E-state index contributed by atoms with van der Waals surface area (Å²) in [7, 11) is -7.46. The number of fused-ring (bicyclic) bond motifs is 2. The third-order valence-corrected chi connectivity index (χ3v) is 10.7. The first kappa shape index (κ1) is 32.4. The van der Waals surface area contributed by atoms with Gasteiger partial charge in [-0.3, -0.25) is 14.3 Å². The van der Waals surface area contributed by atoms with Crippen molar-refractivity contribution in [2.24, 2.45) is 0 Å². The van der Waals surface area contributed by atoms with Crippen LogP contribution in [0.1, 0.15) is 68.5 Å². The Labute approximate surface area is 262 Å². The maximum atomic E-state index is 12.8. The molecule has 244 valence electrons. The van der Waals surface area contributed by atoms with Crippen LogP contribution in [0.25, 0.3) is 0 Å². The fraction of sp³-hybridized carbons (Fsp3) is 0.519. The lowest BCUT2D eigenvalue weighted by molar-refractivity contribution is 0.0239. The number of carbonyl (C=O) groups excluding carboxylic acids is 1. The predicted molar refractivity (Wildman–Crippen MR) is 161 cm³/mol. The SMILES string of the molecule is CCn1ncc(S(=O)(=O)n2cc3c(n2)CN(C(=O)OC(C)(C)C)C3)c1C.CCn1ncc(S(=O)(=O)n2cc3c(n2)CNC3)c1C. The molecule has 2 aliphatic rings. The Kier molecular flexibility index (Phi) is 8.43. The fourth-order valence-electron chi connectivity index (χ4n) is 5.07. The smallest absolute Gasteiger partial charge is 0.410 e. The number of hydrogen-bond acceptors (Lipinski definition) is 11. The van der Waals surface area contributed by atoms with Crippen molar-refractivity contribution in [1.82, 2.24) is 48.1 Å². The summed E-state index contributed by atoms with van der Waals surface area (Å²) in [5.74, 6) is 0. The van der Waals surface area contributed by atoms with E-state index >= 15 is 0 Å². The van der Waals surface area contributed by atoms with Crippen LogP contribution in [0.3, 0.4) is 0 Å². The van der Waals surface area contributed by atoms with E-state index in [-0.39, 0.29) is 22.9 Å². The molecule has 4 aromatic heterocycles. The number of nitrogens with one attached hydrogen (secondary N) is 1. The van der Waals surface area contributed by atoms with Crippen LogP contribution in [0.5, 0.6) is 0 Å². The number of hydrogen-bond donors (Lipinski definition) is 1. The van der Waals surface area contributed by atoms with Crippen molar-refractivity contribution < 1.29 is 26.4 Å². The Hall–Kier alpha value is -4.03. The van der Waals surface area contributed by atoms with E-state index in [1.54, 1.807) is 50.2 Å². The first-order valence-corrected chi connectivity index (χ1v) is 17.3. The van der Waals surface area contributed by atoms with Crippen LogP contribution >= 0.6 is 0 Å². The normalized spacial score (nSPS) is 14.7. The van der Waals surface area contributed by atoms with Crippen molar-refractivity contribution in [2.75, 3.05) is 0 Å². The Bertz CT molecular complexity index is 1920. The molecule has 18 heteroatoms. The second-order valence-electron chi connectivity index (χ2n) is 11.7. The molecule has 0 atom stereocenters. The van der Waals surface area contributed by atoms with Crippen molar-refractivity contribution in [3.63, 3.8) is 0 Å². The highest BCUT2D eigenvalue weighted by molar-refractivity contribution is 7.90. The Morgan fingerprint density at radius 2 is 1.33 bits per heavy atom. The monoisotopic (exact) mass is 662 g/mol. The molecule has 6 rings (SSSR count). The van der Waals surface area contributed by atoms with Gasteiger partial charge >= 0.3 is 6.09 Å². The Balaban J connectivity index is 0.000000186. The number of aromatic nitrogens is 8. The standard InChI is InChI=1S/C16H23N5O4S.C11H15N5O2S/c1-6-20-11(2)14(7-17-20)26(23,24)21-9-12-8-19(10-13(12)18-21)15(22)25-16(3,4)5;1-3-15-8(2)11(6-13-15)19(17,18)16-7-9-4-12-5-10(9)14-16/h7,9H,6,8,10H2,1-5H3;6-7,12H,3-5H2,1-2H3. The van der Waals surface area contributed by atoms with Gasteiger partial charge in [0.15, 0.2) is 0 Å². The number of nitrogens with zero attached hydrogens (tertiary/aromatic N) is 9. The van der Waals surface area contributed by atoms with Gasteiger partial charge in [-0.15, -0.1) is 0 Å². The molecule has 4 aromatic rings. The van der Waals surface area contributed by atoms with Gasteiger partial charge < -0.3 is 10.1 Å². The first-order chi connectivity index (χ1) is 21.1. The Morgan fingerprint density at radius 1 is 0.822 bits per heavy atom. The van der Waals surface area contributed by atoms with Gasteiger partial charge in [-0.1, -0.05) is 0 Å². The van der Waals surface area contributed by atoms with Crippen LogP contribution in [-0.2, 0) is 64.1 Å². The van der Waals surface area contributed by atoms with E-state index in [1.807, 2.05) is 13.8 Å². The second kappa shape index (κ2) is 11.7. The van der Waals surface area contributed by atoms with E-state index in [0.717, 1.165) is 19.4 Å². The van der Waals surface area contributed by atoms with Crippen LogP contribution < -0.4 is 5.32 Å². The molecule has 0 bridgehead atoms. The third kappa shape index (κ3) is 6.13. The molecule has 6 heterocycles. The number of carbonyl (C=O) groups is 1. The van der Waals surface area contributed by atoms with E-state index < -0.39 is 31.7 Å². The zero-order chi connectivity index (χ0) is 32.9. The van der Waals surface area contributed by atoms with E-state index in [4.69, 9.17) is 4.74 Å². The third-order valence-electron chi connectivity index (χ3n) is 7.44. The lowest BCUT2D eigenvalue weighted by Gasteiger charge is -2.24. The molecule has 1 amide bonds. The molecule has 16 nitrogen and oxygen atoms in total. The molecule has 0 radical (unpaired) electrons. The minimum absolute atomic E-state index is 0.129.